The summed E-state index contributed by atoms with van der Waals surface area (Å²) in [5, 5.41) is 8.50. The first-order valence-corrected chi connectivity index (χ1v) is 13.0. The van der Waals surface area contributed by atoms with Gasteiger partial charge >= 0.3 is 0 Å². The Labute approximate surface area is 223 Å². The molecule has 3 aromatic rings. The third-order valence-corrected chi connectivity index (χ3v) is 6.08. The minimum atomic E-state index is 0.359. The van der Waals surface area contributed by atoms with Gasteiger partial charge in [0.2, 0.25) is 0 Å². The van der Waals surface area contributed by atoms with Crippen LogP contribution in [0.15, 0.2) is 70.9 Å². The molecule has 0 unspecified atom stereocenters. The van der Waals surface area contributed by atoms with E-state index in [1.54, 1.807) is 14.2 Å². The second-order valence-corrected chi connectivity index (χ2v) is 8.58. The SMILES string of the molecule is COc1ccc(N=Nc2ccc(OCCCCCCOc3cc(CCl)c(OC)cc3CCl)cc2)cc1. The van der Waals surface area contributed by atoms with Gasteiger partial charge in [0.1, 0.15) is 23.0 Å². The number of azo groups is 1. The Morgan fingerprint density at radius 2 is 1.08 bits per heavy atom. The van der Waals surface area contributed by atoms with Gasteiger partial charge in [-0.25, -0.2) is 0 Å². The summed E-state index contributed by atoms with van der Waals surface area (Å²) >= 11 is 12.1. The predicted molar refractivity (Wildman–Crippen MR) is 145 cm³/mol. The number of halogens is 2. The Morgan fingerprint density at radius 3 is 1.61 bits per heavy atom. The molecule has 0 aliphatic rings. The van der Waals surface area contributed by atoms with E-state index in [0.717, 1.165) is 71.2 Å². The van der Waals surface area contributed by atoms with Crippen molar-refractivity contribution in [1.82, 2.24) is 0 Å². The molecule has 0 saturated heterocycles. The van der Waals surface area contributed by atoms with Gasteiger partial charge in [-0.3, -0.25) is 0 Å². The number of ether oxygens (including phenoxy) is 4. The first-order chi connectivity index (χ1) is 17.7. The zero-order chi connectivity index (χ0) is 25.6. The summed E-state index contributed by atoms with van der Waals surface area (Å²) in [5.41, 5.74) is 3.34. The highest BCUT2D eigenvalue weighted by atomic mass is 35.5. The Morgan fingerprint density at radius 1 is 0.583 bits per heavy atom. The van der Waals surface area contributed by atoms with E-state index >= 15 is 0 Å². The Bertz CT molecular complexity index is 1090. The summed E-state index contributed by atoms with van der Waals surface area (Å²) in [6.45, 7) is 1.30. The molecule has 0 spiro atoms. The fourth-order valence-electron chi connectivity index (χ4n) is 3.48. The maximum atomic E-state index is 6.07. The summed E-state index contributed by atoms with van der Waals surface area (Å²) in [7, 11) is 3.26. The number of hydrogen-bond acceptors (Lipinski definition) is 6. The minimum absolute atomic E-state index is 0.359. The van der Waals surface area contributed by atoms with Crippen molar-refractivity contribution >= 4 is 34.6 Å². The van der Waals surface area contributed by atoms with Crippen molar-refractivity contribution in [2.45, 2.75) is 37.4 Å². The Kier molecular flexibility index (Phi) is 11.7. The third kappa shape index (κ3) is 8.61. The van der Waals surface area contributed by atoms with Gasteiger partial charge in [-0.1, -0.05) is 0 Å². The molecule has 192 valence electrons. The minimum Gasteiger partial charge on any atom is -0.497 e. The first kappa shape index (κ1) is 27.6. The summed E-state index contributed by atoms with van der Waals surface area (Å²) in [5.74, 6) is 3.85. The third-order valence-electron chi connectivity index (χ3n) is 5.51. The lowest BCUT2D eigenvalue weighted by Gasteiger charge is -2.14. The molecule has 0 bridgehead atoms. The van der Waals surface area contributed by atoms with Crippen LogP contribution < -0.4 is 18.9 Å². The average Bonchev–Trinajstić information content (AvgIpc) is 2.93. The molecule has 0 amide bonds. The van der Waals surface area contributed by atoms with Crippen LogP contribution in [0.5, 0.6) is 23.0 Å². The predicted octanol–water partition coefficient (Wildman–Crippen LogP) is 8.62. The van der Waals surface area contributed by atoms with Crippen molar-refractivity contribution in [3.63, 3.8) is 0 Å². The number of rotatable bonds is 15. The van der Waals surface area contributed by atoms with Gasteiger partial charge in [0.25, 0.3) is 0 Å². The van der Waals surface area contributed by atoms with Gasteiger partial charge in [-0.05, 0) is 86.3 Å². The molecule has 0 aliphatic heterocycles. The van der Waals surface area contributed by atoms with Gasteiger partial charge in [-0.2, -0.15) is 10.2 Å². The fourth-order valence-corrected chi connectivity index (χ4v) is 3.90. The number of methoxy groups -OCH3 is 2. The summed E-state index contributed by atoms with van der Waals surface area (Å²) in [6, 6.07) is 18.9. The van der Waals surface area contributed by atoms with Crippen molar-refractivity contribution < 1.29 is 18.9 Å². The number of unbranched alkanes of at least 4 members (excludes halogenated alkanes) is 3. The largest absolute Gasteiger partial charge is 0.497 e. The zero-order valence-electron chi connectivity index (χ0n) is 20.7. The molecule has 0 fully saturated rings. The van der Waals surface area contributed by atoms with Gasteiger partial charge < -0.3 is 18.9 Å². The van der Waals surface area contributed by atoms with Gasteiger partial charge in [0.15, 0.2) is 0 Å². The van der Waals surface area contributed by atoms with Crippen molar-refractivity contribution in [1.29, 1.82) is 0 Å². The molecule has 3 aromatic carbocycles. The highest BCUT2D eigenvalue weighted by Gasteiger charge is 2.10. The van der Waals surface area contributed by atoms with Crippen molar-refractivity contribution in [3.8, 4) is 23.0 Å². The van der Waals surface area contributed by atoms with E-state index in [9.17, 15) is 0 Å². The summed E-state index contributed by atoms with van der Waals surface area (Å²) in [4.78, 5) is 0. The molecule has 0 radical (unpaired) electrons. The van der Waals surface area contributed by atoms with Crippen molar-refractivity contribution in [3.05, 3.63) is 71.8 Å². The number of hydrogen-bond donors (Lipinski definition) is 0. The van der Waals surface area contributed by atoms with Gasteiger partial charge in [0.05, 0.1) is 50.6 Å². The van der Waals surface area contributed by atoms with Crippen LogP contribution >= 0.6 is 23.2 Å². The van der Waals surface area contributed by atoms with Gasteiger partial charge in [-0.15, -0.1) is 23.2 Å². The number of benzene rings is 3. The molecule has 8 heteroatoms. The van der Waals surface area contributed by atoms with Crippen molar-refractivity contribution in [2.75, 3.05) is 27.4 Å². The summed E-state index contributed by atoms with van der Waals surface area (Å²) in [6.07, 6.45) is 4.06. The van der Waals surface area contributed by atoms with E-state index in [-0.39, 0.29) is 0 Å². The Hall–Kier alpha value is -2.96. The fraction of sp³-hybridized carbons (Fsp3) is 0.357. The monoisotopic (exact) mass is 530 g/mol. The van der Waals surface area contributed by atoms with Crippen LogP contribution in [-0.4, -0.2) is 27.4 Å². The molecular weight excluding hydrogens is 499 g/mol. The molecule has 0 aromatic heterocycles. The molecule has 0 atom stereocenters. The van der Waals surface area contributed by atoms with E-state index in [4.69, 9.17) is 42.1 Å². The van der Waals surface area contributed by atoms with Crippen molar-refractivity contribution in [2.24, 2.45) is 10.2 Å². The smallest absolute Gasteiger partial charge is 0.124 e. The summed E-state index contributed by atoms with van der Waals surface area (Å²) < 4.78 is 22.3. The highest BCUT2D eigenvalue weighted by Crippen LogP contribution is 2.31. The Balaban J connectivity index is 1.32. The lowest BCUT2D eigenvalue weighted by Crippen LogP contribution is -2.02. The molecule has 6 nitrogen and oxygen atoms in total. The van der Waals surface area contributed by atoms with E-state index in [1.807, 2.05) is 60.7 Å². The second-order valence-electron chi connectivity index (χ2n) is 8.04. The zero-order valence-corrected chi connectivity index (χ0v) is 22.2. The van der Waals surface area contributed by atoms with E-state index in [1.165, 1.54) is 0 Å². The van der Waals surface area contributed by atoms with Crippen LogP contribution in [0.4, 0.5) is 11.4 Å². The molecule has 0 N–H and O–H groups in total. The standard InChI is InChI=1S/C28H32Cl2N2O4/c1-33-25-11-7-23(8-12-25)31-32-24-9-13-26(14-10-24)35-15-5-3-4-6-16-36-28-18-21(19-29)27(34-2)17-22(28)20-30/h7-14,17-18H,3-6,15-16,19-20H2,1-2H3. The van der Waals surface area contributed by atoms with Crippen LogP contribution in [0.25, 0.3) is 0 Å². The maximum Gasteiger partial charge on any atom is 0.124 e. The molecule has 36 heavy (non-hydrogen) atoms. The van der Waals surface area contributed by atoms with Crippen LogP contribution in [0.3, 0.4) is 0 Å². The number of alkyl halides is 2. The van der Waals surface area contributed by atoms with Crippen LogP contribution in [0.2, 0.25) is 0 Å². The lowest BCUT2D eigenvalue weighted by atomic mass is 10.1. The van der Waals surface area contributed by atoms with Crippen LogP contribution in [0, 0.1) is 0 Å². The molecular formula is C28H32Cl2N2O4. The highest BCUT2D eigenvalue weighted by molar-refractivity contribution is 6.18. The van der Waals surface area contributed by atoms with Crippen LogP contribution in [0.1, 0.15) is 36.8 Å². The quantitative estimate of drug-likeness (QED) is 0.112. The van der Waals surface area contributed by atoms with Gasteiger partial charge in [0, 0.05) is 11.1 Å². The first-order valence-electron chi connectivity index (χ1n) is 11.9. The number of nitrogens with zero attached hydrogens (tertiary/aromatic N) is 2. The van der Waals surface area contributed by atoms with Crippen LogP contribution in [-0.2, 0) is 11.8 Å². The lowest BCUT2D eigenvalue weighted by molar-refractivity contribution is 0.286. The topological polar surface area (TPSA) is 61.6 Å². The van der Waals surface area contributed by atoms with E-state index in [2.05, 4.69) is 10.2 Å². The molecule has 0 heterocycles. The molecule has 3 rings (SSSR count). The molecule has 0 aliphatic carbocycles. The average molecular weight is 531 g/mol. The van der Waals surface area contributed by atoms with E-state index < -0.39 is 0 Å². The second kappa shape index (κ2) is 15.2. The van der Waals surface area contributed by atoms with E-state index in [0.29, 0.717) is 25.0 Å². The normalized spacial score (nSPS) is 11.0. The molecule has 0 saturated carbocycles. The maximum absolute atomic E-state index is 6.07.